The number of benzene rings is 1. The van der Waals surface area contributed by atoms with Crippen LogP contribution in [0.15, 0.2) is 52.2 Å². The number of thiazole rings is 1. The molecule has 0 atom stereocenters. The van der Waals surface area contributed by atoms with Gasteiger partial charge >= 0.3 is 11.9 Å². The minimum atomic E-state index is -4.76. The van der Waals surface area contributed by atoms with Crippen LogP contribution in [0.25, 0.3) is 11.0 Å². The fourth-order valence-corrected chi connectivity index (χ4v) is 5.64. The Hall–Kier alpha value is -3.18. The first-order chi connectivity index (χ1) is 17.7. The first kappa shape index (κ1) is 25.5. The number of hydrogen-bond acceptors (Lipinski definition) is 5. The number of aromatic nitrogens is 4. The normalized spacial score (nSPS) is 18.3. The molecule has 1 N–H and O–H groups in total. The fraction of sp³-hybridized carbons (Fsp3) is 0.360. The molecule has 7 nitrogen and oxygen atoms in total. The lowest BCUT2D eigenvalue weighted by atomic mass is 9.85. The smallest absolute Gasteiger partial charge is 0.349 e. The summed E-state index contributed by atoms with van der Waals surface area (Å²) in [6.07, 6.45) is -1.25. The molecule has 0 unspecified atom stereocenters. The zero-order valence-electron chi connectivity index (χ0n) is 19.5. The van der Waals surface area contributed by atoms with Gasteiger partial charge in [0.2, 0.25) is 0 Å². The van der Waals surface area contributed by atoms with Crippen LogP contribution in [0.2, 0.25) is 5.02 Å². The van der Waals surface area contributed by atoms with Crippen LogP contribution in [0.5, 0.6) is 0 Å². The summed E-state index contributed by atoms with van der Waals surface area (Å²) in [7, 11) is 0. The van der Waals surface area contributed by atoms with Crippen LogP contribution < -0.4 is 11.0 Å². The highest BCUT2D eigenvalue weighted by Crippen LogP contribution is 2.32. The van der Waals surface area contributed by atoms with Gasteiger partial charge in [-0.05, 0) is 49.8 Å². The van der Waals surface area contributed by atoms with E-state index < -0.39 is 23.3 Å². The highest BCUT2D eigenvalue weighted by atomic mass is 35.5. The molecule has 1 fully saturated rings. The molecule has 4 aromatic rings. The van der Waals surface area contributed by atoms with Gasteiger partial charge in [0, 0.05) is 24.2 Å². The van der Waals surface area contributed by atoms with Crippen molar-refractivity contribution in [1.82, 2.24) is 24.4 Å². The second-order valence-corrected chi connectivity index (χ2v) is 10.3. The van der Waals surface area contributed by atoms with Crippen molar-refractivity contribution in [1.29, 1.82) is 0 Å². The van der Waals surface area contributed by atoms with E-state index in [4.69, 9.17) is 11.6 Å². The van der Waals surface area contributed by atoms with E-state index in [1.807, 2.05) is 29.6 Å². The molecule has 5 rings (SSSR count). The Morgan fingerprint density at radius 1 is 1.11 bits per heavy atom. The maximum absolute atomic E-state index is 13.3. The lowest BCUT2D eigenvalue weighted by Gasteiger charge is -2.29. The molecule has 1 amide bonds. The summed E-state index contributed by atoms with van der Waals surface area (Å²) in [4.78, 5) is 33.6. The van der Waals surface area contributed by atoms with E-state index in [2.05, 4.69) is 15.3 Å². The van der Waals surface area contributed by atoms with Gasteiger partial charge in [-0.3, -0.25) is 13.9 Å². The molecule has 0 aliphatic heterocycles. The van der Waals surface area contributed by atoms with Gasteiger partial charge < -0.3 is 5.32 Å². The summed E-state index contributed by atoms with van der Waals surface area (Å²) in [5.74, 6) is -0.643. The summed E-state index contributed by atoms with van der Waals surface area (Å²) in [6.45, 7) is 0.924. The van der Waals surface area contributed by atoms with Crippen molar-refractivity contribution < 1.29 is 18.0 Å². The molecule has 37 heavy (non-hydrogen) atoms. The molecule has 0 spiro atoms. The first-order valence-corrected chi connectivity index (χ1v) is 13.1. The predicted octanol–water partition coefficient (Wildman–Crippen LogP) is 5.36. The number of imidazole rings is 1. The van der Waals surface area contributed by atoms with Crippen molar-refractivity contribution in [3.05, 3.63) is 79.9 Å². The molecule has 1 aliphatic carbocycles. The van der Waals surface area contributed by atoms with E-state index in [1.54, 1.807) is 14.6 Å². The van der Waals surface area contributed by atoms with Crippen LogP contribution >= 0.6 is 22.9 Å². The number of para-hydroxylation sites is 2. The molecule has 0 saturated heterocycles. The summed E-state index contributed by atoms with van der Waals surface area (Å²) in [5.41, 5.74) is 2.33. The van der Waals surface area contributed by atoms with Crippen molar-refractivity contribution in [3.8, 4) is 0 Å². The minimum Gasteiger partial charge on any atom is -0.349 e. The van der Waals surface area contributed by atoms with Crippen molar-refractivity contribution in [3.63, 3.8) is 0 Å². The van der Waals surface area contributed by atoms with Crippen LogP contribution in [0.1, 0.15) is 47.4 Å². The van der Waals surface area contributed by atoms with E-state index in [0.29, 0.717) is 25.9 Å². The van der Waals surface area contributed by atoms with Crippen molar-refractivity contribution in [2.75, 3.05) is 0 Å². The van der Waals surface area contributed by atoms with Gasteiger partial charge in [0.05, 0.1) is 39.4 Å². The number of pyridine rings is 1. The molecule has 0 radical (unpaired) electrons. The van der Waals surface area contributed by atoms with E-state index in [1.165, 1.54) is 11.3 Å². The average Bonchev–Trinajstić information content (AvgIpc) is 3.47. The van der Waals surface area contributed by atoms with Gasteiger partial charge in [-0.1, -0.05) is 23.7 Å². The summed E-state index contributed by atoms with van der Waals surface area (Å²) in [5, 5.41) is 4.59. The molecular formula is C25H23ClF3N5O2S. The maximum atomic E-state index is 13.3. The number of nitrogens with zero attached hydrogens (tertiary/aromatic N) is 4. The maximum Gasteiger partial charge on any atom is 0.434 e. The minimum absolute atomic E-state index is 0.0405. The molecule has 194 valence electrons. The van der Waals surface area contributed by atoms with Gasteiger partial charge in [0.1, 0.15) is 0 Å². The van der Waals surface area contributed by atoms with Gasteiger partial charge in [0.25, 0.3) is 5.91 Å². The van der Waals surface area contributed by atoms with Gasteiger partial charge in [-0.15, -0.1) is 11.3 Å². The zero-order valence-corrected chi connectivity index (χ0v) is 21.1. The molecule has 1 aliphatic rings. The second kappa shape index (κ2) is 10.3. The molecule has 1 aromatic carbocycles. The van der Waals surface area contributed by atoms with Crippen LogP contribution in [-0.2, 0) is 19.3 Å². The fourth-order valence-electron chi connectivity index (χ4n) is 4.93. The number of hydrogen-bond donors (Lipinski definition) is 1. The Bertz CT molecular complexity index is 1470. The Labute approximate surface area is 218 Å². The number of halogens is 4. The van der Waals surface area contributed by atoms with Crippen molar-refractivity contribution in [2.24, 2.45) is 5.92 Å². The van der Waals surface area contributed by atoms with E-state index in [9.17, 15) is 22.8 Å². The lowest BCUT2D eigenvalue weighted by molar-refractivity contribution is -0.141. The number of fused-ring (bicyclic) bond motifs is 1. The third-order valence-electron chi connectivity index (χ3n) is 6.72. The molecular weight excluding hydrogens is 527 g/mol. The lowest BCUT2D eigenvalue weighted by Crippen LogP contribution is -2.39. The standard InChI is InChI=1S/C25H23ClF3N5O2S/c26-16-9-19(22(30-10-16)25(27,28)29)23(35)32-17-7-5-15(6-8-17)11-33-20-3-1-2-4-21(20)34(24(33)36)12-18-13-37-14-31-18/h1-4,9-10,13-15,17H,5-8,11-12H2,(H,32,35). The van der Waals surface area contributed by atoms with E-state index in [0.717, 1.165) is 41.8 Å². The Balaban J connectivity index is 1.27. The zero-order chi connectivity index (χ0) is 26.2. The van der Waals surface area contributed by atoms with Gasteiger partial charge in [-0.2, -0.15) is 13.2 Å². The third-order valence-corrected chi connectivity index (χ3v) is 7.56. The van der Waals surface area contributed by atoms with Crippen molar-refractivity contribution in [2.45, 2.75) is 51.0 Å². The van der Waals surface area contributed by atoms with Gasteiger partial charge in [0.15, 0.2) is 5.69 Å². The topological polar surface area (TPSA) is 81.8 Å². The van der Waals surface area contributed by atoms with E-state index in [-0.39, 0.29) is 22.7 Å². The Morgan fingerprint density at radius 3 is 2.46 bits per heavy atom. The van der Waals surface area contributed by atoms with E-state index >= 15 is 0 Å². The summed E-state index contributed by atoms with van der Waals surface area (Å²) < 4.78 is 43.5. The summed E-state index contributed by atoms with van der Waals surface area (Å²) in [6, 6.07) is 8.37. The Morgan fingerprint density at radius 2 is 1.81 bits per heavy atom. The molecule has 3 aromatic heterocycles. The molecule has 0 bridgehead atoms. The monoisotopic (exact) mass is 549 g/mol. The number of carbonyl (C=O) groups excluding carboxylic acids is 1. The molecule has 12 heteroatoms. The van der Waals surface area contributed by atoms with Crippen LogP contribution in [0, 0.1) is 5.92 Å². The Kier molecular flexibility index (Phi) is 7.09. The summed E-state index contributed by atoms with van der Waals surface area (Å²) >= 11 is 7.28. The largest absolute Gasteiger partial charge is 0.434 e. The predicted molar refractivity (Wildman–Crippen MR) is 135 cm³/mol. The number of rotatable bonds is 6. The quantitative estimate of drug-likeness (QED) is 0.351. The third kappa shape index (κ3) is 5.42. The number of nitrogens with one attached hydrogen (secondary N) is 1. The highest BCUT2D eigenvalue weighted by molar-refractivity contribution is 7.07. The number of carbonyl (C=O) groups is 1. The highest BCUT2D eigenvalue weighted by Gasteiger charge is 2.38. The second-order valence-electron chi connectivity index (χ2n) is 9.19. The number of alkyl halides is 3. The van der Waals surface area contributed by atoms with Crippen LogP contribution in [-0.4, -0.2) is 31.1 Å². The first-order valence-electron chi connectivity index (χ1n) is 11.8. The SMILES string of the molecule is O=C(NC1CCC(Cn2c(=O)n(Cc3cscn3)c3ccccc32)CC1)c1cc(Cl)cnc1C(F)(F)F. The van der Waals surface area contributed by atoms with Crippen LogP contribution in [0.3, 0.4) is 0 Å². The van der Waals surface area contributed by atoms with Crippen LogP contribution in [0.4, 0.5) is 13.2 Å². The van der Waals surface area contributed by atoms with Crippen molar-refractivity contribution >= 4 is 39.9 Å². The molecule has 1 saturated carbocycles. The number of amides is 1. The molecule has 3 heterocycles. The van der Waals surface area contributed by atoms with Gasteiger partial charge in [-0.25, -0.2) is 14.8 Å². The average molecular weight is 550 g/mol.